The Kier molecular flexibility index (Phi) is 5.29. The highest BCUT2D eigenvalue weighted by atomic mass is 31.2. The molecule has 76 valence electrons. The predicted octanol–water partition coefficient (Wildman–Crippen LogP) is -0.243. The third-order valence-electron chi connectivity index (χ3n) is 1.00. The van der Waals surface area contributed by atoms with Crippen LogP contribution in [0.2, 0.25) is 0 Å². The van der Waals surface area contributed by atoms with E-state index in [0.717, 1.165) is 4.90 Å². The monoisotopic (exact) mass is 229 g/mol. The summed E-state index contributed by atoms with van der Waals surface area (Å²) >= 11 is 0. The fraction of sp³-hybridized carbons (Fsp3) is 0.750. The molecule has 9 heteroatoms. The fourth-order valence-electron chi connectivity index (χ4n) is 0.678. The molecule has 0 radical (unpaired) electrons. The van der Waals surface area contributed by atoms with Gasteiger partial charge in [0.05, 0.1) is 12.8 Å². The molecule has 0 aliphatic rings. The summed E-state index contributed by atoms with van der Waals surface area (Å²) in [6.07, 6.45) is -0.911. The van der Waals surface area contributed by atoms with Gasteiger partial charge in [0.25, 0.3) is 0 Å². The molecule has 3 N–H and O–H groups in total. The smallest absolute Gasteiger partial charge is 0.339 e. The quantitative estimate of drug-likeness (QED) is 0.538. The van der Waals surface area contributed by atoms with Gasteiger partial charge in [0.1, 0.15) is 6.29 Å². The number of hydrogen-bond donors (Lipinski definition) is 3. The van der Waals surface area contributed by atoms with Gasteiger partial charge in [-0.2, -0.15) is 0 Å². The van der Waals surface area contributed by atoms with E-state index in [4.69, 9.17) is 14.9 Å². The highest BCUT2D eigenvalue weighted by molar-refractivity contribution is 7.51. The molecule has 0 bridgehead atoms. The molecule has 0 spiro atoms. The van der Waals surface area contributed by atoms with Crippen LogP contribution in [0.15, 0.2) is 0 Å². The van der Waals surface area contributed by atoms with Gasteiger partial charge < -0.3 is 14.9 Å². The van der Waals surface area contributed by atoms with Gasteiger partial charge in [-0.15, -0.1) is 0 Å². The Bertz CT molecular complexity index is 237. The minimum atomic E-state index is -4.29. The molecule has 0 amide bonds. The minimum Gasteiger partial charge on any atom is -0.480 e. The van der Waals surface area contributed by atoms with Gasteiger partial charge in [0.15, 0.2) is 8.46 Å². The number of aliphatic carboxylic acids is 1. The van der Waals surface area contributed by atoms with E-state index in [2.05, 4.69) is 0 Å². The standard InChI is InChI=1S/C4H9NO6P2/c6-4(7)1-5(2-12-8)3-13(9,10)11/h1-3H2,(H,6,7)(H2,9,10,11). The molecule has 0 unspecified atom stereocenters. The number of carboxylic acids is 1. The van der Waals surface area contributed by atoms with Crippen LogP contribution < -0.4 is 0 Å². The van der Waals surface area contributed by atoms with E-state index in [-0.39, 0.29) is 14.7 Å². The molecule has 0 fully saturated rings. The molecule has 0 aromatic rings. The van der Waals surface area contributed by atoms with Crippen LogP contribution in [0.1, 0.15) is 0 Å². The summed E-state index contributed by atoms with van der Waals surface area (Å²) in [7, 11) is -4.66. The summed E-state index contributed by atoms with van der Waals surface area (Å²) in [6.45, 7) is -0.541. The van der Waals surface area contributed by atoms with E-state index in [1.165, 1.54) is 0 Å². The Balaban J connectivity index is 4.17. The van der Waals surface area contributed by atoms with Gasteiger partial charge in [0, 0.05) is 0 Å². The van der Waals surface area contributed by atoms with Crippen molar-refractivity contribution in [3.63, 3.8) is 0 Å². The van der Waals surface area contributed by atoms with Crippen LogP contribution in [-0.2, 0) is 13.9 Å². The molecule has 13 heavy (non-hydrogen) atoms. The van der Waals surface area contributed by atoms with Crippen LogP contribution in [0, 0.1) is 0 Å². The average molecular weight is 229 g/mol. The molecule has 0 rings (SSSR count). The first-order valence-corrected chi connectivity index (χ1v) is 5.92. The number of carbonyl (C=O) groups is 1. The van der Waals surface area contributed by atoms with E-state index in [1.807, 2.05) is 0 Å². The van der Waals surface area contributed by atoms with Crippen LogP contribution in [0.5, 0.6) is 0 Å². The summed E-state index contributed by atoms with van der Waals surface area (Å²) in [5.74, 6) is -1.22. The van der Waals surface area contributed by atoms with Crippen molar-refractivity contribution in [2.24, 2.45) is 0 Å². The van der Waals surface area contributed by atoms with Crippen molar-refractivity contribution in [2.75, 3.05) is 19.1 Å². The Morgan fingerprint density at radius 1 is 1.46 bits per heavy atom. The number of nitrogens with zero attached hydrogens (tertiary/aromatic N) is 1. The Morgan fingerprint density at radius 2 is 2.00 bits per heavy atom. The highest BCUT2D eigenvalue weighted by Crippen LogP contribution is 2.35. The second kappa shape index (κ2) is 5.42. The molecule has 0 aromatic heterocycles. The zero-order chi connectivity index (χ0) is 10.5. The van der Waals surface area contributed by atoms with Gasteiger partial charge in [-0.25, -0.2) is 0 Å². The number of carboxylic acid groups (broad SMARTS) is 1. The second-order valence-corrected chi connectivity index (χ2v) is 4.45. The molecule has 0 aliphatic heterocycles. The molecule has 0 saturated heterocycles. The topological polar surface area (TPSA) is 115 Å². The normalized spacial score (nSPS) is 12.2. The maximum absolute atomic E-state index is 10.5. The molecular weight excluding hydrogens is 220 g/mol. The lowest BCUT2D eigenvalue weighted by molar-refractivity contribution is -0.137. The highest BCUT2D eigenvalue weighted by Gasteiger charge is 2.20. The summed E-state index contributed by atoms with van der Waals surface area (Å²) in [5.41, 5.74) is 0. The Morgan fingerprint density at radius 3 is 2.31 bits per heavy atom. The maximum Gasteiger partial charge on any atom is 0.339 e. The van der Waals surface area contributed by atoms with Crippen molar-refractivity contribution in [1.29, 1.82) is 0 Å². The van der Waals surface area contributed by atoms with Crippen LogP contribution in [-0.4, -0.2) is 44.9 Å². The number of hydrogen-bond acceptors (Lipinski definition) is 4. The predicted molar refractivity (Wildman–Crippen MR) is 43.7 cm³/mol. The third kappa shape index (κ3) is 8.02. The van der Waals surface area contributed by atoms with Gasteiger partial charge in [-0.1, -0.05) is 0 Å². The summed E-state index contributed by atoms with van der Waals surface area (Å²) < 4.78 is 20.5. The molecule has 0 aliphatic carbocycles. The Labute approximate surface area is 75.7 Å². The van der Waals surface area contributed by atoms with Crippen molar-refractivity contribution in [2.45, 2.75) is 0 Å². The average Bonchev–Trinajstić information content (AvgIpc) is 1.81. The maximum atomic E-state index is 10.5. The van der Waals surface area contributed by atoms with E-state index >= 15 is 0 Å². The van der Waals surface area contributed by atoms with Crippen LogP contribution in [0.4, 0.5) is 0 Å². The van der Waals surface area contributed by atoms with Crippen molar-refractivity contribution in [1.82, 2.24) is 4.90 Å². The van der Waals surface area contributed by atoms with Gasteiger partial charge >= 0.3 is 13.6 Å². The Hall–Kier alpha value is -0.320. The molecule has 7 nitrogen and oxygen atoms in total. The van der Waals surface area contributed by atoms with Crippen LogP contribution in [0.25, 0.3) is 0 Å². The molecule has 0 atom stereocenters. The first kappa shape index (κ1) is 12.7. The summed E-state index contributed by atoms with van der Waals surface area (Å²) in [6, 6.07) is 0. The first-order valence-electron chi connectivity index (χ1n) is 3.13. The van der Waals surface area contributed by atoms with Gasteiger partial charge in [0.2, 0.25) is 0 Å². The SMILES string of the molecule is O=PCN(CC(=O)O)CP(=O)(O)O. The lowest BCUT2D eigenvalue weighted by Crippen LogP contribution is -2.29. The van der Waals surface area contributed by atoms with Gasteiger partial charge in [-0.05, 0) is 0 Å². The van der Waals surface area contributed by atoms with E-state index in [1.54, 1.807) is 0 Å². The second-order valence-electron chi connectivity index (χ2n) is 2.30. The summed E-state index contributed by atoms with van der Waals surface area (Å²) in [4.78, 5) is 28.1. The van der Waals surface area contributed by atoms with Crippen LogP contribution in [0.3, 0.4) is 0 Å². The lowest BCUT2D eigenvalue weighted by Gasteiger charge is -2.16. The lowest BCUT2D eigenvalue weighted by atomic mass is 10.6. The molecule has 0 aromatic carbocycles. The summed E-state index contributed by atoms with van der Waals surface area (Å²) in [5, 5.41) is 8.31. The van der Waals surface area contributed by atoms with Crippen molar-refractivity contribution < 1.29 is 28.8 Å². The third-order valence-corrected chi connectivity index (χ3v) is 2.28. The van der Waals surface area contributed by atoms with Crippen LogP contribution >= 0.6 is 16.1 Å². The fourth-order valence-corrected chi connectivity index (χ4v) is 1.92. The van der Waals surface area contributed by atoms with E-state index in [9.17, 15) is 13.9 Å². The van der Waals surface area contributed by atoms with E-state index in [0.29, 0.717) is 0 Å². The number of rotatable bonds is 6. The van der Waals surface area contributed by atoms with Crippen molar-refractivity contribution >= 4 is 22.0 Å². The molecule has 0 saturated carbocycles. The zero-order valence-corrected chi connectivity index (χ0v) is 8.32. The molecular formula is C4H9NO6P2. The van der Waals surface area contributed by atoms with Crippen molar-refractivity contribution in [3.8, 4) is 0 Å². The van der Waals surface area contributed by atoms with Crippen molar-refractivity contribution in [3.05, 3.63) is 0 Å². The zero-order valence-electron chi connectivity index (χ0n) is 6.53. The molecule has 0 heterocycles. The first-order chi connectivity index (χ1) is 5.85. The van der Waals surface area contributed by atoms with Gasteiger partial charge in [-0.3, -0.25) is 18.8 Å². The van der Waals surface area contributed by atoms with E-state index < -0.39 is 26.4 Å². The largest absolute Gasteiger partial charge is 0.480 e. The minimum absolute atomic E-state index is 0.211.